The van der Waals surface area contributed by atoms with E-state index in [1.54, 1.807) is 42.5 Å². The number of para-hydroxylation sites is 2. The van der Waals surface area contributed by atoms with Gasteiger partial charge in [0.1, 0.15) is 6.10 Å². The number of benzene rings is 2. The van der Waals surface area contributed by atoms with Crippen LogP contribution in [-0.2, 0) is 25.5 Å². The lowest BCUT2D eigenvalue weighted by Crippen LogP contribution is -2.23. The molecule has 0 amide bonds. The molecule has 0 spiro atoms. The van der Waals surface area contributed by atoms with Gasteiger partial charge in [-0.1, -0.05) is 47.5 Å². The molecule has 0 aliphatic rings. The molecule has 27 heavy (non-hydrogen) atoms. The molecule has 1 atom stereocenters. The van der Waals surface area contributed by atoms with Crippen LogP contribution < -0.4 is 5.32 Å². The molecule has 0 saturated carbocycles. The zero-order valence-electron chi connectivity index (χ0n) is 14.6. The van der Waals surface area contributed by atoms with Crippen LogP contribution in [0, 0.1) is 0 Å². The number of aliphatic hydroxyl groups excluding tert-OH is 1. The van der Waals surface area contributed by atoms with Crippen LogP contribution >= 0.6 is 23.2 Å². The van der Waals surface area contributed by atoms with E-state index in [2.05, 4.69) is 5.32 Å². The highest BCUT2D eigenvalue weighted by atomic mass is 35.5. The SMILES string of the molecule is CC(CO)OC(=O)COC(=O)Cc1ccccc1Nc1c(Cl)cccc1Cl. The van der Waals surface area contributed by atoms with Crippen LogP contribution in [0.4, 0.5) is 11.4 Å². The second-order valence-electron chi connectivity index (χ2n) is 5.70. The average Bonchev–Trinajstić information content (AvgIpc) is 2.64. The van der Waals surface area contributed by atoms with E-state index in [9.17, 15) is 9.59 Å². The summed E-state index contributed by atoms with van der Waals surface area (Å²) in [6, 6.07) is 12.2. The molecule has 0 heterocycles. The van der Waals surface area contributed by atoms with Crippen molar-refractivity contribution in [3.8, 4) is 0 Å². The first-order valence-electron chi connectivity index (χ1n) is 8.15. The Labute approximate surface area is 167 Å². The highest BCUT2D eigenvalue weighted by molar-refractivity contribution is 6.39. The zero-order chi connectivity index (χ0) is 19.8. The van der Waals surface area contributed by atoms with Gasteiger partial charge in [0.15, 0.2) is 6.61 Å². The molecule has 144 valence electrons. The molecule has 6 nitrogen and oxygen atoms in total. The number of hydrogen-bond donors (Lipinski definition) is 2. The monoisotopic (exact) mass is 411 g/mol. The molecule has 2 aromatic carbocycles. The van der Waals surface area contributed by atoms with E-state index in [1.165, 1.54) is 6.92 Å². The van der Waals surface area contributed by atoms with Crippen molar-refractivity contribution in [3.05, 3.63) is 58.1 Å². The van der Waals surface area contributed by atoms with Gasteiger partial charge >= 0.3 is 11.9 Å². The van der Waals surface area contributed by atoms with Crippen molar-refractivity contribution >= 4 is 46.5 Å². The number of ether oxygens (including phenoxy) is 2. The minimum atomic E-state index is -0.723. The minimum absolute atomic E-state index is 0.0614. The number of rotatable bonds is 8. The van der Waals surface area contributed by atoms with Crippen LogP contribution in [0.25, 0.3) is 0 Å². The Balaban J connectivity index is 2.01. The molecule has 0 saturated heterocycles. The van der Waals surface area contributed by atoms with Crippen molar-refractivity contribution in [1.82, 2.24) is 0 Å². The number of halogens is 2. The van der Waals surface area contributed by atoms with Gasteiger partial charge < -0.3 is 19.9 Å². The Morgan fingerprint density at radius 1 is 1.07 bits per heavy atom. The first-order chi connectivity index (χ1) is 12.9. The molecule has 2 rings (SSSR count). The molecule has 2 aromatic rings. The third kappa shape index (κ3) is 6.43. The van der Waals surface area contributed by atoms with Gasteiger partial charge in [-0.3, -0.25) is 4.79 Å². The van der Waals surface area contributed by atoms with Crippen LogP contribution in [-0.4, -0.2) is 36.4 Å². The summed E-state index contributed by atoms with van der Waals surface area (Å²) in [6.07, 6.45) is -0.713. The predicted molar refractivity (Wildman–Crippen MR) is 103 cm³/mol. The van der Waals surface area contributed by atoms with Crippen molar-refractivity contribution in [2.45, 2.75) is 19.4 Å². The molecule has 0 aliphatic heterocycles. The summed E-state index contributed by atoms with van der Waals surface area (Å²) in [5, 5.41) is 12.8. The van der Waals surface area contributed by atoms with E-state index in [1.807, 2.05) is 0 Å². The summed E-state index contributed by atoms with van der Waals surface area (Å²) in [5.74, 6) is -1.32. The van der Waals surface area contributed by atoms with Gasteiger partial charge in [0.2, 0.25) is 0 Å². The number of esters is 2. The Bertz CT molecular complexity index is 792. The van der Waals surface area contributed by atoms with E-state index >= 15 is 0 Å². The standard InChI is InChI=1S/C19H19Cl2NO5/c1-12(10-23)27-18(25)11-26-17(24)9-13-5-2-3-8-16(13)22-19-14(20)6-4-7-15(19)21/h2-8,12,22-23H,9-11H2,1H3. The quantitative estimate of drug-likeness (QED) is 0.643. The number of nitrogens with one attached hydrogen (secondary N) is 1. The van der Waals surface area contributed by atoms with Gasteiger partial charge in [-0.25, -0.2) is 4.79 Å². The van der Waals surface area contributed by atoms with Crippen LogP contribution in [0.2, 0.25) is 10.0 Å². The van der Waals surface area contributed by atoms with Crippen LogP contribution in [0.3, 0.4) is 0 Å². The molecular formula is C19H19Cl2NO5. The van der Waals surface area contributed by atoms with Gasteiger partial charge in [-0.2, -0.15) is 0 Å². The van der Waals surface area contributed by atoms with Gasteiger partial charge in [0.25, 0.3) is 0 Å². The summed E-state index contributed by atoms with van der Waals surface area (Å²) >= 11 is 12.3. The summed E-state index contributed by atoms with van der Waals surface area (Å²) in [6.45, 7) is 0.708. The molecule has 0 radical (unpaired) electrons. The molecule has 0 aromatic heterocycles. The van der Waals surface area contributed by atoms with Gasteiger partial charge in [-0.05, 0) is 30.7 Å². The first-order valence-corrected chi connectivity index (χ1v) is 8.91. The van der Waals surface area contributed by atoms with E-state index in [-0.39, 0.29) is 13.0 Å². The lowest BCUT2D eigenvalue weighted by Gasteiger charge is -2.14. The Morgan fingerprint density at radius 3 is 2.41 bits per heavy atom. The van der Waals surface area contributed by atoms with Gasteiger partial charge in [0.05, 0.1) is 28.8 Å². The summed E-state index contributed by atoms with van der Waals surface area (Å²) in [5.41, 5.74) is 1.82. The number of carbonyl (C=O) groups is 2. The predicted octanol–water partition coefficient (Wildman–Crippen LogP) is 3.75. The maximum atomic E-state index is 12.1. The van der Waals surface area contributed by atoms with E-state index in [4.69, 9.17) is 37.8 Å². The van der Waals surface area contributed by atoms with Crippen molar-refractivity contribution in [3.63, 3.8) is 0 Å². The maximum Gasteiger partial charge on any atom is 0.344 e. The molecule has 0 aliphatic carbocycles. The maximum absolute atomic E-state index is 12.1. The van der Waals surface area contributed by atoms with Crippen molar-refractivity contribution < 1.29 is 24.2 Å². The third-order valence-corrected chi connectivity index (χ3v) is 4.15. The topological polar surface area (TPSA) is 84.9 Å². The fourth-order valence-corrected chi connectivity index (χ4v) is 2.68. The summed E-state index contributed by atoms with van der Waals surface area (Å²) in [7, 11) is 0. The van der Waals surface area contributed by atoms with Crippen LogP contribution in [0.1, 0.15) is 12.5 Å². The molecule has 1 unspecified atom stereocenters. The van der Waals surface area contributed by atoms with Crippen molar-refractivity contribution in [1.29, 1.82) is 0 Å². The molecule has 8 heteroatoms. The molecule has 0 bridgehead atoms. The van der Waals surface area contributed by atoms with Crippen molar-refractivity contribution in [2.75, 3.05) is 18.5 Å². The molecule has 2 N–H and O–H groups in total. The van der Waals surface area contributed by atoms with Crippen molar-refractivity contribution in [2.24, 2.45) is 0 Å². The first kappa shape index (κ1) is 21.0. The fraction of sp³-hybridized carbons (Fsp3) is 0.263. The normalized spacial score (nSPS) is 11.6. The number of hydrogen-bond acceptors (Lipinski definition) is 6. The van der Waals surface area contributed by atoms with Gasteiger partial charge in [-0.15, -0.1) is 0 Å². The molecular weight excluding hydrogens is 393 g/mol. The fourth-order valence-electron chi connectivity index (χ4n) is 2.19. The highest BCUT2D eigenvalue weighted by Gasteiger charge is 2.15. The number of carbonyl (C=O) groups excluding carboxylic acids is 2. The Morgan fingerprint density at radius 2 is 1.74 bits per heavy atom. The largest absolute Gasteiger partial charge is 0.458 e. The second-order valence-corrected chi connectivity index (χ2v) is 6.51. The number of anilines is 2. The Kier molecular flexibility index (Phi) is 7.91. The smallest absolute Gasteiger partial charge is 0.344 e. The Hall–Kier alpha value is -2.28. The summed E-state index contributed by atoms with van der Waals surface area (Å²) in [4.78, 5) is 23.6. The number of aliphatic hydroxyl groups is 1. The van der Waals surface area contributed by atoms with Crippen LogP contribution in [0.5, 0.6) is 0 Å². The zero-order valence-corrected chi connectivity index (χ0v) is 16.1. The lowest BCUT2D eigenvalue weighted by atomic mass is 10.1. The van der Waals surface area contributed by atoms with E-state index in [0.717, 1.165) is 0 Å². The average molecular weight is 412 g/mol. The van der Waals surface area contributed by atoms with Gasteiger partial charge in [0, 0.05) is 5.69 Å². The lowest BCUT2D eigenvalue weighted by molar-refractivity contribution is -0.162. The van der Waals surface area contributed by atoms with Crippen LogP contribution in [0.15, 0.2) is 42.5 Å². The minimum Gasteiger partial charge on any atom is -0.458 e. The molecule has 0 fully saturated rings. The third-order valence-electron chi connectivity index (χ3n) is 3.52. The van der Waals surface area contributed by atoms with E-state index < -0.39 is 24.6 Å². The second kappa shape index (κ2) is 10.2. The summed E-state index contributed by atoms with van der Waals surface area (Å²) < 4.78 is 9.75. The highest BCUT2D eigenvalue weighted by Crippen LogP contribution is 2.33. The van der Waals surface area contributed by atoms with E-state index in [0.29, 0.717) is 27.0 Å².